The standard InChI is InChI=1S/C20H21N5O2/c21-7-10-27-16-5-1-3-14(11-16)20(26)25-9-6-17-18(24-13-23-17)19(25)15-4-2-8-22-12-15/h1-5,8,11-13,19H,6-7,9-10,21H2,(H,23,24)/t19-/m1/s1. The van der Waals surface area contributed by atoms with E-state index in [1.54, 1.807) is 30.9 Å². The molecule has 0 unspecified atom stereocenters. The van der Waals surface area contributed by atoms with Crippen LogP contribution < -0.4 is 10.5 Å². The predicted octanol–water partition coefficient (Wildman–Crippen LogP) is 1.93. The number of aromatic nitrogens is 3. The minimum absolute atomic E-state index is 0.0595. The summed E-state index contributed by atoms with van der Waals surface area (Å²) in [6, 6.07) is 10.8. The van der Waals surface area contributed by atoms with Gasteiger partial charge in [0.25, 0.3) is 5.91 Å². The van der Waals surface area contributed by atoms with E-state index in [2.05, 4.69) is 15.0 Å². The van der Waals surface area contributed by atoms with Crippen LogP contribution in [-0.2, 0) is 6.42 Å². The number of aromatic amines is 1. The second-order valence-corrected chi connectivity index (χ2v) is 6.37. The molecule has 1 atom stereocenters. The molecule has 1 amide bonds. The van der Waals surface area contributed by atoms with Gasteiger partial charge >= 0.3 is 0 Å². The highest BCUT2D eigenvalue weighted by Crippen LogP contribution is 2.34. The minimum Gasteiger partial charge on any atom is -0.492 e. The summed E-state index contributed by atoms with van der Waals surface area (Å²) in [7, 11) is 0. The highest BCUT2D eigenvalue weighted by Gasteiger charge is 2.34. The number of nitrogens with two attached hydrogens (primary N) is 1. The molecular formula is C20H21N5O2. The van der Waals surface area contributed by atoms with E-state index in [0.29, 0.717) is 31.0 Å². The lowest BCUT2D eigenvalue weighted by molar-refractivity contribution is 0.0690. The van der Waals surface area contributed by atoms with Crippen molar-refractivity contribution in [2.75, 3.05) is 19.7 Å². The largest absolute Gasteiger partial charge is 0.492 e. The number of benzene rings is 1. The van der Waals surface area contributed by atoms with Gasteiger partial charge in [-0.2, -0.15) is 0 Å². The van der Waals surface area contributed by atoms with Gasteiger partial charge in [0.15, 0.2) is 0 Å². The van der Waals surface area contributed by atoms with E-state index in [0.717, 1.165) is 23.4 Å². The Balaban J connectivity index is 1.68. The molecule has 0 fully saturated rings. The minimum atomic E-state index is -0.269. The molecule has 1 aliphatic rings. The lowest BCUT2D eigenvalue weighted by Gasteiger charge is -2.35. The topological polar surface area (TPSA) is 97.1 Å². The Hall–Kier alpha value is -3.19. The van der Waals surface area contributed by atoms with Crippen molar-refractivity contribution in [3.8, 4) is 5.75 Å². The normalized spacial score (nSPS) is 16.0. The Bertz CT molecular complexity index is 925. The fourth-order valence-electron chi connectivity index (χ4n) is 3.43. The molecule has 1 aliphatic heterocycles. The fourth-order valence-corrected chi connectivity index (χ4v) is 3.43. The van der Waals surface area contributed by atoms with Crippen molar-refractivity contribution in [2.24, 2.45) is 5.73 Å². The summed E-state index contributed by atoms with van der Waals surface area (Å²) in [5.41, 5.74) is 8.95. The number of pyridine rings is 1. The molecule has 27 heavy (non-hydrogen) atoms. The van der Waals surface area contributed by atoms with Crippen LogP contribution in [0, 0.1) is 0 Å². The number of fused-ring (bicyclic) bond motifs is 1. The Labute approximate surface area is 157 Å². The van der Waals surface area contributed by atoms with Gasteiger partial charge in [-0.05, 0) is 29.8 Å². The number of carbonyl (C=O) groups excluding carboxylic acids is 1. The van der Waals surface area contributed by atoms with Crippen molar-refractivity contribution < 1.29 is 9.53 Å². The number of hydrogen-bond donors (Lipinski definition) is 2. The number of rotatable bonds is 5. The van der Waals surface area contributed by atoms with Crippen LogP contribution in [0.2, 0.25) is 0 Å². The molecule has 0 saturated heterocycles. The zero-order chi connectivity index (χ0) is 18.6. The van der Waals surface area contributed by atoms with Crippen LogP contribution in [0.4, 0.5) is 0 Å². The van der Waals surface area contributed by atoms with Gasteiger partial charge in [0.2, 0.25) is 0 Å². The van der Waals surface area contributed by atoms with Crippen LogP contribution in [0.5, 0.6) is 5.75 Å². The average Bonchev–Trinajstić information content (AvgIpc) is 3.20. The van der Waals surface area contributed by atoms with E-state index in [1.165, 1.54) is 0 Å². The Morgan fingerprint density at radius 1 is 1.33 bits per heavy atom. The fraction of sp³-hybridized carbons (Fsp3) is 0.250. The number of ether oxygens (including phenoxy) is 1. The first kappa shape index (κ1) is 17.2. The van der Waals surface area contributed by atoms with Crippen molar-refractivity contribution in [1.82, 2.24) is 19.9 Å². The molecule has 0 aliphatic carbocycles. The predicted molar refractivity (Wildman–Crippen MR) is 100 cm³/mol. The molecule has 0 radical (unpaired) electrons. The van der Waals surface area contributed by atoms with Gasteiger partial charge in [-0.3, -0.25) is 9.78 Å². The van der Waals surface area contributed by atoms with Crippen LogP contribution in [0.3, 0.4) is 0 Å². The molecule has 0 bridgehead atoms. The lowest BCUT2D eigenvalue weighted by Crippen LogP contribution is -2.40. The third kappa shape index (κ3) is 3.41. The molecule has 3 N–H and O–H groups in total. The van der Waals surface area contributed by atoms with Gasteiger partial charge in [-0.25, -0.2) is 4.98 Å². The summed E-state index contributed by atoms with van der Waals surface area (Å²) in [5, 5.41) is 0. The third-order valence-electron chi connectivity index (χ3n) is 4.65. The van der Waals surface area contributed by atoms with Gasteiger partial charge in [0.05, 0.1) is 12.0 Å². The van der Waals surface area contributed by atoms with Crippen LogP contribution >= 0.6 is 0 Å². The molecule has 3 aromatic rings. The molecular weight excluding hydrogens is 342 g/mol. The molecule has 1 aromatic carbocycles. The first-order valence-electron chi connectivity index (χ1n) is 8.94. The van der Waals surface area contributed by atoms with Crippen molar-refractivity contribution in [1.29, 1.82) is 0 Å². The molecule has 0 saturated carbocycles. The van der Waals surface area contributed by atoms with Gasteiger partial charge in [-0.15, -0.1) is 0 Å². The first-order valence-corrected chi connectivity index (χ1v) is 8.94. The lowest BCUT2D eigenvalue weighted by atomic mass is 9.96. The summed E-state index contributed by atoms with van der Waals surface area (Å²) in [4.78, 5) is 27.1. The maximum absolute atomic E-state index is 13.3. The maximum Gasteiger partial charge on any atom is 0.254 e. The first-order chi connectivity index (χ1) is 13.3. The van der Waals surface area contributed by atoms with Crippen LogP contribution in [0.15, 0.2) is 55.1 Å². The van der Waals surface area contributed by atoms with Gasteiger partial charge < -0.3 is 20.4 Å². The average molecular weight is 363 g/mol. The molecule has 7 nitrogen and oxygen atoms in total. The maximum atomic E-state index is 13.3. The number of hydrogen-bond acceptors (Lipinski definition) is 5. The number of imidazole rings is 1. The van der Waals surface area contributed by atoms with Crippen LogP contribution in [0.1, 0.15) is 33.4 Å². The van der Waals surface area contributed by atoms with E-state index in [4.69, 9.17) is 10.5 Å². The highest BCUT2D eigenvalue weighted by molar-refractivity contribution is 5.95. The molecule has 138 valence electrons. The number of nitrogens with one attached hydrogen (secondary N) is 1. The molecule has 7 heteroatoms. The van der Waals surface area contributed by atoms with Crippen LogP contribution in [-0.4, -0.2) is 45.5 Å². The van der Waals surface area contributed by atoms with Crippen LogP contribution in [0.25, 0.3) is 0 Å². The van der Waals surface area contributed by atoms with Crippen molar-refractivity contribution >= 4 is 5.91 Å². The van der Waals surface area contributed by atoms with Gasteiger partial charge in [-0.1, -0.05) is 12.1 Å². The Morgan fingerprint density at radius 2 is 2.26 bits per heavy atom. The Morgan fingerprint density at radius 3 is 3.07 bits per heavy atom. The number of nitrogens with zero attached hydrogens (tertiary/aromatic N) is 3. The highest BCUT2D eigenvalue weighted by atomic mass is 16.5. The van der Waals surface area contributed by atoms with E-state index < -0.39 is 0 Å². The van der Waals surface area contributed by atoms with Gasteiger partial charge in [0, 0.05) is 43.2 Å². The SMILES string of the molecule is NCCOc1cccc(C(=O)N2CCc3[nH]cnc3[C@H]2c2cccnc2)c1. The molecule has 2 aromatic heterocycles. The monoisotopic (exact) mass is 363 g/mol. The Kier molecular flexibility index (Phi) is 4.84. The summed E-state index contributed by atoms with van der Waals surface area (Å²) in [6.07, 6.45) is 5.93. The van der Waals surface area contributed by atoms with E-state index in [9.17, 15) is 4.79 Å². The smallest absolute Gasteiger partial charge is 0.254 e. The molecule has 4 rings (SSSR count). The third-order valence-corrected chi connectivity index (χ3v) is 4.65. The van der Waals surface area contributed by atoms with Gasteiger partial charge in [0.1, 0.15) is 18.4 Å². The van der Waals surface area contributed by atoms with E-state index >= 15 is 0 Å². The summed E-state index contributed by atoms with van der Waals surface area (Å²) >= 11 is 0. The number of amides is 1. The van der Waals surface area contributed by atoms with Crippen molar-refractivity contribution in [2.45, 2.75) is 12.5 Å². The second kappa shape index (κ2) is 7.59. The van der Waals surface area contributed by atoms with E-state index in [-0.39, 0.29) is 11.9 Å². The molecule has 0 spiro atoms. The summed E-state index contributed by atoms with van der Waals surface area (Å²) < 4.78 is 5.57. The molecule has 3 heterocycles. The zero-order valence-electron chi connectivity index (χ0n) is 14.8. The van der Waals surface area contributed by atoms with E-state index in [1.807, 2.05) is 29.2 Å². The second-order valence-electron chi connectivity index (χ2n) is 6.37. The summed E-state index contributed by atoms with van der Waals surface area (Å²) in [6.45, 7) is 1.44. The number of H-pyrrole nitrogens is 1. The quantitative estimate of drug-likeness (QED) is 0.722. The van der Waals surface area contributed by atoms with Crippen molar-refractivity contribution in [3.63, 3.8) is 0 Å². The van der Waals surface area contributed by atoms with Crippen molar-refractivity contribution in [3.05, 3.63) is 77.6 Å². The number of carbonyl (C=O) groups is 1. The zero-order valence-corrected chi connectivity index (χ0v) is 14.8. The summed E-state index contributed by atoms with van der Waals surface area (Å²) in [5.74, 6) is 0.581.